The number of nitrogens with zero attached hydrogens (tertiary/aromatic N) is 4. The summed E-state index contributed by atoms with van der Waals surface area (Å²) < 4.78 is 0. The molecule has 0 spiro atoms. The van der Waals surface area contributed by atoms with Gasteiger partial charge in [-0.3, -0.25) is 0 Å². The van der Waals surface area contributed by atoms with E-state index in [1.807, 2.05) is 52.5 Å². The Morgan fingerprint density at radius 2 is 0.812 bits per heavy atom. The van der Waals surface area contributed by atoms with E-state index in [0.717, 1.165) is 74.4 Å². The third kappa shape index (κ3) is 10.1. The molecule has 3 fully saturated rings. The SMILES string of the molecule is CN(C)c1ccc(NC(=O)N(C[C@H]2CCCC[C@@H]2CN(C(=O)Nc2ccc(N(C)C)cc2)C2CCCCCC2)C2CCCCCC2)cc1. The Labute approximate surface area is 290 Å². The van der Waals surface area contributed by atoms with Crippen LogP contribution in [0.3, 0.4) is 0 Å². The Bertz CT molecular complexity index is 1160. The highest BCUT2D eigenvalue weighted by Gasteiger charge is 2.35. The quantitative estimate of drug-likeness (QED) is 0.250. The number of hydrogen-bond donors (Lipinski definition) is 2. The molecule has 4 amide bonds. The Kier molecular flexibility index (Phi) is 13.3. The van der Waals surface area contributed by atoms with Gasteiger partial charge in [-0.2, -0.15) is 0 Å². The van der Waals surface area contributed by atoms with Crippen LogP contribution in [-0.4, -0.2) is 75.2 Å². The number of carbonyl (C=O) groups excluding carboxylic acids is 2. The predicted octanol–water partition coefficient (Wildman–Crippen LogP) is 9.44. The molecule has 2 aromatic carbocycles. The molecule has 3 saturated carbocycles. The zero-order chi connectivity index (χ0) is 33.9. The molecule has 0 aromatic heterocycles. The lowest BCUT2D eigenvalue weighted by Gasteiger charge is -2.42. The van der Waals surface area contributed by atoms with E-state index in [9.17, 15) is 9.59 Å². The van der Waals surface area contributed by atoms with E-state index in [4.69, 9.17) is 0 Å². The van der Waals surface area contributed by atoms with E-state index < -0.39 is 0 Å². The molecule has 3 aliphatic carbocycles. The molecule has 2 N–H and O–H groups in total. The highest BCUT2D eigenvalue weighted by Crippen LogP contribution is 2.35. The van der Waals surface area contributed by atoms with Crippen molar-refractivity contribution in [3.8, 4) is 0 Å². The fourth-order valence-electron chi connectivity index (χ4n) is 8.28. The second kappa shape index (κ2) is 17.8. The van der Waals surface area contributed by atoms with Gasteiger partial charge >= 0.3 is 12.1 Å². The van der Waals surface area contributed by atoms with Gasteiger partial charge in [-0.05, 0) is 98.9 Å². The molecular weight excluding hydrogens is 596 g/mol. The van der Waals surface area contributed by atoms with Crippen LogP contribution < -0.4 is 20.4 Å². The second-order valence-corrected chi connectivity index (χ2v) is 15.1. The average Bonchev–Trinajstić information content (AvgIpc) is 3.53. The summed E-state index contributed by atoms with van der Waals surface area (Å²) in [5.41, 5.74) is 3.93. The first-order valence-electron chi connectivity index (χ1n) is 19.0. The third-order valence-electron chi connectivity index (χ3n) is 11.3. The molecule has 3 aliphatic rings. The minimum Gasteiger partial charge on any atom is -0.378 e. The lowest BCUT2D eigenvalue weighted by molar-refractivity contribution is 0.0984. The number of carbonyl (C=O) groups is 2. The summed E-state index contributed by atoms with van der Waals surface area (Å²) >= 11 is 0. The van der Waals surface area contributed by atoms with E-state index in [1.54, 1.807) is 0 Å². The molecule has 264 valence electrons. The van der Waals surface area contributed by atoms with Crippen molar-refractivity contribution in [2.75, 3.05) is 61.7 Å². The second-order valence-electron chi connectivity index (χ2n) is 15.1. The van der Waals surface area contributed by atoms with Crippen LogP contribution in [0.5, 0.6) is 0 Å². The van der Waals surface area contributed by atoms with Crippen molar-refractivity contribution in [1.82, 2.24) is 9.80 Å². The summed E-state index contributed by atoms with van der Waals surface area (Å²) in [4.78, 5) is 36.8. The number of rotatable bonds is 10. The van der Waals surface area contributed by atoms with E-state index in [2.05, 4.69) is 54.5 Å². The minimum atomic E-state index is 0.0309. The summed E-state index contributed by atoms with van der Waals surface area (Å²) in [7, 11) is 8.13. The Morgan fingerprint density at radius 1 is 0.500 bits per heavy atom. The van der Waals surface area contributed by atoms with Crippen LogP contribution in [0.1, 0.15) is 103 Å². The van der Waals surface area contributed by atoms with Gasteiger partial charge in [0.05, 0.1) is 0 Å². The smallest absolute Gasteiger partial charge is 0.322 e. The molecule has 2 aromatic rings. The molecule has 48 heavy (non-hydrogen) atoms. The van der Waals surface area contributed by atoms with Gasteiger partial charge in [-0.25, -0.2) is 9.59 Å². The molecule has 0 bridgehead atoms. The van der Waals surface area contributed by atoms with Gasteiger partial charge in [0.25, 0.3) is 0 Å². The van der Waals surface area contributed by atoms with Gasteiger partial charge in [0.1, 0.15) is 0 Å². The largest absolute Gasteiger partial charge is 0.378 e. The van der Waals surface area contributed by atoms with Gasteiger partial charge in [-0.1, -0.05) is 64.2 Å². The topological polar surface area (TPSA) is 71.2 Å². The zero-order valence-corrected chi connectivity index (χ0v) is 30.3. The number of benzene rings is 2. The van der Waals surface area contributed by atoms with Crippen molar-refractivity contribution in [2.24, 2.45) is 11.8 Å². The Balaban J connectivity index is 1.34. The predicted molar refractivity (Wildman–Crippen MR) is 201 cm³/mol. The molecule has 5 rings (SSSR count). The van der Waals surface area contributed by atoms with E-state index in [-0.39, 0.29) is 24.1 Å². The minimum absolute atomic E-state index is 0.0309. The van der Waals surface area contributed by atoms with Crippen molar-refractivity contribution in [1.29, 1.82) is 0 Å². The molecule has 0 saturated heterocycles. The van der Waals surface area contributed by atoms with E-state index in [0.29, 0.717) is 11.8 Å². The van der Waals surface area contributed by atoms with Gasteiger partial charge in [-0.15, -0.1) is 0 Å². The lowest BCUT2D eigenvalue weighted by Crippen LogP contribution is -2.50. The van der Waals surface area contributed by atoms with Gasteiger partial charge in [0.15, 0.2) is 0 Å². The highest BCUT2D eigenvalue weighted by atomic mass is 16.2. The fraction of sp³-hybridized carbons (Fsp3) is 0.650. The summed E-state index contributed by atoms with van der Waals surface area (Å²) in [5, 5.41) is 6.55. The molecule has 0 radical (unpaired) electrons. The summed E-state index contributed by atoms with van der Waals surface area (Å²) in [6.07, 6.45) is 18.7. The van der Waals surface area contributed by atoms with E-state index in [1.165, 1.54) is 64.2 Å². The normalized spacial score (nSPS) is 21.0. The molecule has 0 aliphatic heterocycles. The molecule has 2 atom stereocenters. The first kappa shape index (κ1) is 35.9. The van der Waals surface area contributed by atoms with Crippen molar-refractivity contribution in [2.45, 2.75) is 115 Å². The maximum absolute atomic E-state index is 14.1. The maximum atomic E-state index is 14.1. The molecular formula is C40H62N6O2. The number of anilines is 4. The van der Waals surface area contributed by atoms with Crippen LogP contribution in [0.25, 0.3) is 0 Å². The standard InChI is InChI=1S/C40H62N6O2/c1-43(2)35-25-21-33(22-26-35)41-39(47)45(37-17-9-5-6-10-18-37)29-31-15-13-14-16-32(31)30-46(38-19-11-7-8-12-20-38)40(48)42-34-23-27-36(28-24-34)44(3)4/h21-28,31-32,37-38H,5-20,29-30H2,1-4H3,(H,41,47)(H,42,48)/t31-,32-/m1/s1. The third-order valence-corrected chi connectivity index (χ3v) is 11.3. The van der Waals surface area contributed by atoms with Gasteiger partial charge in [0, 0.05) is 76.1 Å². The lowest BCUT2D eigenvalue weighted by atomic mass is 9.78. The van der Waals surface area contributed by atoms with Crippen molar-refractivity contribution >= 4 is 34.8 Å². The van der Waals surface area contributed by atoms with E-state index >= 15 is 0 Å². The van der Waals surface area contributed by atoms with Crippen LogP contribution in [0.4, 0.5) is 32.3 Å². The zero-order valence-electron chi connectivity index (χ0n) is 30.3. The van der Waals surface area contributed by atoms with Gasteiger partial charge < -0.3 is 30.2 Å². The summed E-state index contributed by atoms with van der Waals surface area (Å²) in [6, 6.07) is 16.9. The van der Waals surface area contributed by atoms with Crippen LogP contribution in [0, 0.1) is 11.8 Å². The average molecular weight is 659 g/mol. The van der Waals surface area contributed by atoms with Crippen LogP contribution in [-0.2, 0) is 0 Å². The van der Waals surface area contributed by atoms with Crippen molar-refractivity contribution < 1.29 is 9.59 Å². The highest BCUT2D eigenvalue weighted by molar-refractivity contribution is 5.90. The monoisotopic (exact) mass is 658 g/mol. The van der Waals surface area contributed by atoms with Crippen molar-refractivity contribution in [3.63, 3.8) is 0 Å². The number of nitrogens with one attached hydrogen (secondary N) is 2. The Hall–Kier alpha value is -3.42. The number of amides is 4. The first-order valence-corrected chi connectivity index (χ1v) is 19.0. The van der Waals surface area contributed by atoms with Crippen LogP contribution >= 0.6 is 0 Å². The fourth-order valence-corrected chi connectivity index (χ4v) is 8.28. The first-order chi connectivity index (χ1) is 23.3. The van der Waals surface area contributed by atoms with Crippen LogP contribution in [0.2, 0.25) is 0 Å². The van der Waals surface area contributed by atoms with Crippen molar-refractivity contribution in [3.05, 3.63) is 48.5 Å². The summed E-state index contributed by atoms with van der Waals surface area (Å²) in [5.74, 6) is 0.758. The number of hydrogen-bond acceptors (Lipinski definition) is 4. The maximum Gasteiger partial charge on any atom is 0.322 e. The molecule has 0 unspecified atom stereocenters. The molecule has 0 heterocycles. The van der Waals surface area contributed by atoms with Crippen LogP contribution in [0.15, 0.2) is 48.5 Å². The number of urea groups is 2. The Morgan fingerprint density at radius 3 is 1.12 bits per heavy atom. The molecule has 8 nitrogen and oxygen atoms in total. The summed E-state index contributed by atoms with van der Waals surface area (Å²) in [6.45, 7) is 1.53. The molecule has 8 heteroatoms. The van der Waals surface area contributed by atoms with Gasteiger partial charge in [0.2, 0.25) is 0 Å².